The molecule has 0 radical (unpaired) electrons. The van der Waals surface area contributed by atoms with Gasteiger partial charge < -0.3 is 10.1 Å². The number of aryl methyl sites for hydroxylation is 1. The van der Waals surface area contributed by atoms with E-state index in [0.717, 1.165) is 11.3 Å². The Morgan fingerprint density at radius 1 is 0.875 bits per heavy atom. The van der Waals surface area contributed by atoms with Gasteiger partial charge in [-0.2, -0.15) is 0 Å². The molecule has 0 fully saturated rings. The number of para-hydroxylation sites is 1. The molecule has 0 atom stereocenters. The lowest BCUT2D eigenvalue weighted by Gasteiger charge is -2.15. The normalized spacial score (nSPS) is 13.7. The van der Waals surface area contributed by atoms with E-state index in [1.165, 1.54) is 24.8 Å². The van der Waals surface area contributed by atoms with Crippen LogP contribution in [0.15, 0.2) is 78.5 Å². The SMILES string of the molecule is CCc1ccc(NC2=C(c3ccccc3OC)C(=O)N(Cc3ccc(F)cc3)C2=O)cc1. The zero-order valence-corrected chi connectivity index (χ0v) is 17.9. The van der Waals surface area contributed by atoms with Crippen molar-refractivity contribution in [1.29, 1.82) is 0 Å². The maximum absolute atomic E-state index is 13.4. The Morgan fingerprint density at radius 2 is 1.53 bits per heavy atom. The van der Waals surface area contributed by atoms with Crippen molar-refractivity contribution in [2.75, 3.05) is 12.4 Å². The lowest BCUT2D eigenvalue weighted by Crippen LogP contribution is -2.32. The highest BCUT2D eigenvalue weighted by atomic mass is 19.1. The summed E-state index contributed by atoms with van der Waals surface area (Å²) in [5.41, 5.74) is 3.49. The first-order valence-corrected chi connectivity index (χ1v) is 10.4. The van der Waals surface area contributed by atoms with Gasteiger partial charge in [0.1, 0.15) is 17.3 Å². The molecule has 1 heterocycles. The molecular weight excluding hydrogens is 407 g/mol. The van der Waals surface area contributed by atoms with Gasteiger partial charge in [0.2, 0.25) is 0 Å². The first-order chi connectivity index (χ1) is 15.5. The number of halogens is 1. The zero-order valence-electron chi connectivity index (χ0n) is 17.9. The van der Waals surface area contributed by atoms with E-state index in [1.807, 2.05) is 24.3 Å². The molecule has 0 saturated heterocycles. The van der Waals surface area contributed by atoms with Gasteiger partial charge in [0, 0.05) is 11.3 Å². The number of imide groups is 1. The van der Waals surface area contributed by atoms with E-state index in [-0.39, 0.29) is 23.6 Å². The van der Waals surface area contributed by atoms with Gasteiger partial charge in [0.25, 0.3) is 11.8 Å². The highest BCUT2D eigenvalue weighted by molar-refractivity contribution is 6.36. The number of anilines is 1. The van der Waals surface area contributed by atoms with E-state index < -0.39 is 11.8 Å². The summed E-state index contributed by atoms with van der Waals surface area (Å²) in [6, 6.07) is 20.5. The largest absolute Gasteiger partial charge is 0.496 e. The number of ether oxygens (including phenoxy) is 1. The number of amides is 2. The quantitative estimate of drug-likeness (QED) is 0.548. The zero-order chi connectivity index (χ0) is 22.7. The molecule has 0 aromatic heterocycles. The highest BCUT2D eigenvalue weighted by Gasteiger charge is 2.40. The summed E-state index contributed by atoms with van der Waals surface area (Å²) in [4.78, 5) is 28.0. The Kier molecular flexibility index (Phi) is 6.03. The number of methoxy groups -OCH3 is 1. The molecular formula is C26H23FN2O3. The fourth-order valence-electron chi connectivity index (χ4n) is 3.68. The van der Waals surface area contributed by atoms with E-state index >= 15 is 0 Å². The van der Waals surface area contributed by atoms with Gasteiger partial charge in [-0.1, -0.05) is 49.4 Å². The van der Waals surface area contributed by atoms with Crippen LogP contribution in [0.5, 0.6) is 5.75 Å². The Balaban J connectivity index is 1.75. The third kappa shape index (κ3) is 4.12. The lowest BCUT2D eigenvalue weighted by molar-refractivity contribution is -0.137. The fourth-order valence-corrected chi connectivity index (χ4v) is 3.68. The van der Waals surface area contributed by atoms with Crippen molar-refractivity contribution in [2.45, 2.75) is 19.9 Å². The minimum Gasteiger partial charge on any atom is -0.496 e. The van der Waals surface area contributed by atoms with E-state index in [4.69, 9.17) is 4.74 Å². The maximum Gasteiger partial charge on any atom is 0.278 e. The standard InChI is InChI=1S/C26H23FN2O3/c1-3-17-10-14-20(15-11-17)28-24-23(21-6-4-5-7-22(21)32-2)25(30)29(26(24)31)16-18-8-12-19(27)13-9-18/h4-15,28H,3,16H2,1-2H3. The number of nitrogens with zero attached hydrogens (tertiary/aromatic N) is 1. The Bertz CT molecular complexity index is 1180. The minimum absolute atomic E-state index is 0.0382. The molecule has 0 unspecified atom stereocenters. The highest BCUT2D eigenvalue weighted by Crippen LogP contribution is 2.35. The van der Waals surface area contributed by atoms with Gasteiger partial charge in [0.15, 0.2) is 0 Å². The molecule has 162 valence electrons. The van der Waals surface area contributed by atoms with Gasteiger partial charge in [-0.05, 0) is 47.9 Å². The minimum atomic E-state index is -0.445. The summed E-state index contributed by atoms with van der Waals surface area (Å²) < 4.78 is 18.8. The van der Waals surface area contributed by atoms with Crippen LogP contribution in [-0.4, -0.2) is 23.8 Å². The average molecular weight is 430 g/mol. The number of hydrogen-bond donors (Lipinski definition) is 1. The number of benzene rings is 3. The molecule has 6 heteroatoms. The molecule has 0 saturated carbocycles. The molecule has 5 nitrogen and oxygen atoms in total. The van der Waals surface area contributed by atoms with E-state index in [1.54, 1.807) is 36.4 Å². The van der Waals surface area contributed by atoms with Crippen LogP contribution in [0.4, 0.5) is 10.1 Å². The lowest BCUT2D eigenvalue weighted by atomic mass is 10.0. The third-order valence-electron chi connectivity index (χ3n) is 5.43. The summed E-state index contributed by atoms with van der Waals surface area (Å²) in [7, 11) is 1.52. The average Bonchev–Trinajstić information content (AvgIpc) is 3.05. The summed E-state index contributed by atoms with van der Waals surface area (Å²) in [6.45, 7) is 2.10. The van der Waals surface area contributed by atoms with Crippen molar-refractivity contribution in [3.8, 4) is 5.75 Å². The second-order valence-electron chi connectivity index (χ2n) is 7.45. The van der Waals surface area contributed by atoms with Crippen molar-refractivity contribution in [3.63, 3.8) is 0 Å². The third-order valence-corrected chi connectivity index (χ3v) is 5.43. The number of carbonyl (C=O) groups is 2. The van der Waals surface area contributed by atoms with Crippen LogP contribution in [0.3, 0.4) is 0 Å². The molecule has 0 bridgehead atoms. The molecule has 3 aromatic carbocycles. The number of rotatable bonds is 7. The molecule has 1 aliphatic rings. The smallest absolute Gasteiger partial charge is 0.278 e. The van der Waals surface area contributed by atoms with Gasteiger partial charge in [-0.3, -0.25) is 14.5 Å². The summed E-state index contributed by atoms with van der Waals surface area (Å²) in [6.07, 6.45) is 0.901. The molecule has 1 aliphatic heterocycles. The molecule has 32 heavy (non-hydrogen) atoms. The van der Waals surface area contributed by atoms with Crippen LogP contribution < -0.4 is 10.1 Å². The van der Waals surface area contributed by atoms with Crippen LogP contribution in [0.1, 0.15) is 23.6 Å². The molecule has 0 aliphatic carbocycles. The summed E-state index contributed by atoms with van der Waals surface area (Å²) in [5.74, 6) is -0.761. The van der Waals surface area contributed by atoms with Crippen LogP contribution in [0.2, 0.25) is 0 Å². The predicted octanol–water partition coefficient (Wildman–Crippen LogP) is 4.79. The van der Waals surface area contributed by atoms with E-state index in [0.29, 0.717) is 22.6 Å². The first kappa shape index (κ1) is 21.3. The van der Waals surface area contributed by atoms with Crippen molar-refractivity contribution in [2.24, 2.45) is 0 Å². The van der Waals surface area contributed by atoms with Crippen LogP contribution in [0, 0.1) is 5.82 Å². The van der Waals surface area contributed by atoms with E-state index in [2.05, 4.69) is 12.2 Å². The molecule has 2 amide bonds. The fraction of sp³-hybridized carbons (Fsp3) is 0.154. The van der Waals surface area contributed by atoms with Crippen LogP contribution in [-0.2, 0) is 22.6 Å². The van der Waals surface area contributed by atoms with Gasteiger partial charge in [0.05, 0.1) is 19.2 Å². The first-order valence-electron chi connectivity index (χ1n) is 10.4. The second kappa shape index (κ2) is 9.06. The summed E-state index contributed by atoms with van der Waals surface area (Å²) >= 11 is 0. The Morgan fingerprint density at radius 3 is 2.19 bits per heavy atom. The number of carbonyl (C=O) groups excluding carboxylic acids is 2. The number of nitrogens with one attached hydrogen (secondary N) is 1. The van der Waals surface area contributed by atoms with Gasteiger partial charge in [-0.25, -0.2) is 4.39 Å². The Hall–Kier alpha value is -3.93. The summed E-state index contributed by atoms with van der Waals surface area (Å²) in [5, 5.41) is 3.15. The van der Waals surface area contributed by atoms with Crippen molar-refractivity contribution < 1.29 is 18.7 Å². The molecule has 4 rings (SSSR count). The maximum atomic E-state index is 13.4. The molecule has 0 spiro atoms. The monoisotopic (exact) mass is 430 g/mol. The van der Waals surface area contributed by atoms with Crippen molar-refractivity contribution in [3.05, 3.63) is 101 Å². The topological polar surface area (TPSA) is 58.6 Å². The van der Waals surface area contributed by atoms with Crippen molar-refractivity contribution >= 4 is 23.1 Å². The number of hydrogen-bond acceptors (Lipinski definition) is 4. The predicted molar refractivity (Wildman–Crippen MR) is 121 cm³/mol. The Labute approximate surface area is 186 Å². The van der Waals surface area contributed by atoms with Gasteiger partial charge >= 0.3 is 0 Å². The van der Waals surface area contributed by atoms with Gasteiger partial charge in [-0.15, -0.1) is 0 Å². The second-order valence-corrected chi connectivity index (χ2v) is 7.45. The van der Waals surface area contributed by atoms with Crippen LogP contribution >= 0.6 is 0 Å². The van der Waals surface area contributed by atoms with Crippen LogP contribution in [0.25, 0.3) is 5.57 Å². The molecule has 1 N–H and O–H groups in total. The van der Waals surface area contributed by atoms with Crippen molar-refractivity contribution in [1.82, 2.24) is 4.90 Å². The molecule has 3 aromatic rings. The van der Waals surface area contributed by atoms with E-state index in [9.17, 15) is 14.0 Å².